The lowest BCUT2D eigenvalue weighted by Gasteiger charge is -2.04. The van der Waals surface area contributed by atoms with Crippen molar-refractivity contribution in [2.24, 2.45) is 0 Å². The largest absolute Gasteiger partial charge is 0.478 e. The van der Waals surface area contributed by atoms with Crippen LogP contribution in [0.3, 0.4) is 0 Å². The molecule has 0 amide bonds. The number of fused-ring (bicyclic) bond motifs is 1. The van der Waals surface area contributed by atoms with Gasteiger partial charge < -0.3 is 9.67 Å². The predicted octanol–water partition coefficient (Wildman–Crippen LogP) is 1.81. The Morgan fingerprint density at radius 1 is 1.24 bits per heavy atom. The number of imidazole rings is 1. The molecule has 0 aliphatic rings. The number of benzene rings is 1. The van der Waals surface area contributed by atoms with Crippen molar-refractivity contribution in [3.8, 4) is 0 Å². The Hall–Kier alpha value is -2.70. The molecule has 7 nitrogen and oxygen atoms in total. The van der Waals surface area contributed by atoms with Gasteiger partial charge in [0.2, 0.25) is 0 Å². The highest BCUT2D eigenvalue weighted by Gasteiger charge is 2.08. The lowest BCUT2D eigenvalue weighted by molar-refractivity contribution is 0.0697. The Morgan fingerprint density at radius 2 is 2.10 bits per heavy atom. The fourth-order valence-corrected chi connectivity index (χ4v) is 2.24. The molecule has 3 aromatic rings. The lowest BCUT2D eigenvalue weighted by Crippen LogP contribution is -2.03. The Morgan fingerprint density at radius 3 is 2.86 bits per heavy atom. The first-order valence-corrected chi connectivity index (χ1v) is 6.76. The number of carboxylic acids is 1. The minimum Gasteiger partial charge on any atom is -0.478 e. The van der Waals surface area contributed by atoms with Gasteiger partial charge in [0.25, 0.3) is 0 Å². The fourth-order valence-electron chi connectivity index (χ4n) is 2.24. The van der Waals surface area contributed by atoms with Gasteiger partial charge in [-0.3, -0.25) is 0 Å². The second-order valence-corrected chi connectivity index (χ2v) is 4.83. The van der Waals surface area contributed by atoms with E-state index < -0.39 is 5.97 Å². The topological polar surface area (TPSA) is 85.8 Å². The summed E-state index contributed by atoms with van der Waals surface area (Å²) >= 11 is 0. The number of rotatable bonds is 6. The zero-order valence-electron chi connectivity index (χ0n) is 11.4. The van der Waals surface area contributed by atoms with E-state index in [0.29, 0.717) is 6.54 Å². The maximum atomic E-state index is 11.0. The number of hydrogen-bond donors (Lipinski definition) is 1. The number of aromatic nitrogens is 5. The number of aromatic carboxylic acids is 1. The summed E-state index contributed by atoms with van der Waals surface area (Å²) in [6.45, 7) is 1.63. The molecule has 1 N–H and O–H groups in total. The molecule has 2 aromatic heterocycles. The Bertz CT molecular complexity index is 748. The van der Waals surface area contributed by atoms with Crippen LogP contribution in [-0.2, 0) is 13.1 Å². The maximum absolute atomic E-state index is 11.0. The predicted molar refractivity (Wildman–Crippen MR) is 75.9 cm³/mol. The molecule has 0 spiro atoms. The van der Waals surface area contributed by atoms with Gasteiger partial charge in [0, 0.05) is 25.5 Å². The Balaban J connectivity index is 1.66. The van der Waals surface area contributed by atoms with E-state index in [-0.39, 0.29) is 5.56 Å². The maximum Gasteiger partial charge on any atom is 0.335 e. The third kappa shape index (κ3) is 2.91. The van der Waals surface area contributed by atoms with Gasteiger partial charge >= 0.3 is 5.97 Å². The molecule has 3 rings (SSSR count). The van der Waals surface area contributed by atoms with Gasteiger partial charge in [-0.2, -0.15) is 0 Å². The highest BCUT2D eigenvalue weighted by Crippen LogP contribution is 2.14. The van der Waals surface area contributed by atoms with Crippen LogP contribution in [0.5, 0.6) is 0 Å². The molecule has 0 saturated heterocycles. The molecule has 1 aromatic carbocycles. The van der Waals surface area contributed by atoms with Gasteiger partial charge in [-0.1, -0.05) is 5.21 Å². The first-order chi connectivity index (χ1) is 10.2. The van der Waals surface area contributed by atoms with Gasteiger partial charge in [-0.05, 0) is 31.0 Å². The van der Waals surface area contributed by atoms with E-state index in [1.807, 2.05) is 10.8 Å². The highest BCUT2D eigenvalue weighted by atomic mass is 16.4. The Labute approximate surface area is 120 Å². The smallest absolute Gasteiger partial charge is 0.335 e. The van der Waals surface area contributed by atoms with Gasteiger partial charge in [-0.15, -0.1) is 5.10 Å². The molecule has 2 heterocycles. The van der Waals surface area contributed by atoms with Gasteiger partial charge in [0.05, 0.1) is 17.4 Å². The van der Waals surface area contributed by atoms with Crippen LogP contribution < -0.4 is 0 Å². The molecule has 108 valence electrons. The van der Waals surface area contributed by atoms with Crippen molar-refractivity contribution < 1.29 is 9.90 Å². The third-order valence-corrected chi connectivity index (χ3v) is 3.36. The molecule has 0 atom stereocenters. The number of carboxylic acid groups (broad SMARTS) is 1. The van der Waals surface area contributed by atoms with Crippen LogP contribution >= 0.6 is 0 Å². The average Bonchev–Trinajstić information content (AvgIpc) is 3.12. The zero-order valence-corrected chi connectivity index (χ0v) is 11.4. The molecule has 21 heavy (non-hydrogen) atoms. The van der Waals surface area contributed by atoms with Crippen LogP contribution in [0.1, 0.15) is 23.2 Å². The van der Waals surface area contributed by atoms with E-state index in [1.165, 1.54) is 0 Å². The van der Waals surface area contributed by atoms with E-state index in [9.17, 15) is 4.79 Å². The molecule has 0 radical (unpaired) electrons. The number of nitrogens with zero attached hydrogens (tertiary/aromatic N) is 5. The summed E-state index contributed by atoms with van der Waals surface area (Å²) in [6, 6.07) is 4.85. The highest BCUT2D eigenvalue weighted by molar-refractivity contribution is 5.92. The van der Waals surface area contributed by atoms with E-state index in [2.05, 4.69) is 15.3 Å². The van der Waals surface area contributed by atoms with Gasteiger partial charge in [-0.25, -0.2) is 14.5 Å². The summed E-state index contributed by atoms with van der Waals surface area (Å²) < 4.78 is 3.79. The fraction of sp³-hybridized carbons (Fsp3) is 0.286. The van der Waals surface area contributed by atoms with Crippen molar-refractivity contribution in [1.82, 2.24) is 24.5 Å². The van der Waals surface area contributed by atoms with E-state index in [0.717, 1.165) is 30.4 Å². The molecular weight excluding hydrogens is 270 g/mol. The summed E-state index contributed by atoms with van der Waals surface area (Å²) in [7, 11) is 0. The minimum atomic E-state index is -0.940. The molecule has 7 heteroatoms. The molecule has 0 aliphatic carbocycles. The molecule has 0 aliphatic heterocycles. The van der Waals surface area contributed by atoms with Crippen molar-refractivity contribution in [2.75, 3.05) is 0 Å². The van der Waals surface area contributed by atoms with Gasteiger partial charge in [0.15, 0.2) is 0 Å². The second-order valence-electron chi connectivity index (χ2n) is 4.83. The number of aryl methyl sites for hydroxylation is 2. The first kappa shape index (κ1) is 13.3. The lowest BCUT2D eigenvalue weighted by atomic mass is 10.2. The van der Waals surface area contributed by atoms with Crippen LogP contribution in [0.4, 0.5) is 0 Å². The standard InChI is InChI=1S/C14H15N5O2/c20-14(21)11-3-4-12-13(9-11)19(17-16-12)7-2-1-6-18-8-5-15-10-18/h3-5,8-10H,1-2,6-7H2,(H,20,21). The van der Waals surface area contributed by atoms with Crippen molar-refractivity contribution in [2.45, 2.75) is 25.9 Å². The van der Waals surface area contributed by atoms with Crippen LogP contribution in [0, 0.1) is 0 Å². The van der Waals surface area contributed by atoms with E-state index in [1.54, 1.807) is 35.4 Å². The van der Waals surface area contributed by atoms with Crippen molar-refractivity contribution in [1.29, 1.82) is 0 Å². The summed E-state index contributed by atoms with van der Waals surface area (Å²) in [5.41, 5.74) is 1.73. The van der Waals surface area contributed by atoms with Crippen molar-refractivity contribution >= 4 is 17.0 Å². The van der Waals surface area contributed by atoms with Crippen molar-refractivity contribution in [3.63, 3.8) is 0 Å². The SMILES string of the molecule is O=C(O)c1ccc2nnn(CCCCn3ccnc3)c2c1. The van der Waals surface area contributed by atoms with Crippen molar-refractivity contribution in [3.05, 3.63) is 42.5 Å². The third-order valence-electron chi connectivity index (χ3n) is 3.36. The van der Waals surface area contributed by atoms with Crippen LogP contribution in [0.25, 0.3) is 11.0 Å². The molecular formula is C14H15N5O2. The first-order valence-electron chi connectivity index (χ1n) is 6.76. The summed E-state index contributed by atoms with van der Waals surface area (Å²) in [4.78, 5) is 15.0. The number of hydrogen-bond acceptors (Lipinski definition) is 4. The minimum absolute atomic E-state index is 0.254. The summed E-state index contributed by atoms with van der Waals surface area (Å²) in [5, 5.41) is 17.2. The van der Waals surface area contributed by atoms with E-state index in [4.69, 9.17) is 5.11 Å². The monoisotopic (exact) mass is 285 g/mol. The molecule has 0 unspecified atom stereocenters. The number of unbranched alkanes of at least 4 members (excludes halogenated alkanes) is 1. The molecule has 0 fully saturated rings. The quantitative estimate of drug-likeness (QED) is 0.698. The second kappa shape index (κ2) is 5.74. The van der Waals surface area contributed by atoms with Crippen LogP contribution in [0.2, 0.25) is 0 Å². The zero-order chi connectivity index (χ0) is 14.7. The van der Waals surface area contributed by atoms with Crippen LogP contribution in [-0.4, -0.2) is 35.6 Å². The van der Waals surface area contributed by atoms with Gasteiger partial charge in [0.1, 0.15) is 5.52 Å². The Kier molecular flexibility index (Phi) is 3.63. The average molecular weight is 285 g/mol. The van der Waals surface area contributed by atoms with Crippen LogP contribution in [0.15, 0.2) is 36.9 Å². The molecule has 0 saturated carbocycles. The summed E-state index contributed by atoms with van der Waals surface area (Å²) in [6.07, 6.45) is 7.43. The molecule has 0 bridgehead atoms. The number of carbonyl (C=O) groups is 1. The normalized spacial score (nSPS) is 11.0. The van der Waals surface area contributed by atoms with E-state index >= 15 is 0 Å². The summed E-state index contributed by atoms with van der Waals surface area (Å²) in [5.74, 6) is -0.940.